The van der Waals surface area contributed by atoms with Gasteiger partial charge in [-0.3, -0.25) is 4.79 Å². The Morgan fingerprint density at radius 1 is 0.962 bits per heavy atom. The first kappa shape index (κ1) is 20.2. The van der Waals surface area contributed by atoms with Crippen LogP contribution < -0.4 is 10.6 Å². The van der Waals surface area contributed by atoms with Crippen LogP contribution in [0.3, 0.4) is 0 Å². The van der Waals surface area contributed by atoms with Gasteiger partial charge in [0, 0.05) is 11.3 Å². The molecule has 0 bridgehead atoms. The molecule has 0 aliphatic heterocycles. The molecule has 0 aliphatic carbocycles. The van der Waals surface area contributed by atoms with E-state index in [1.807, 2.05) is 18.2 Å². The minimum Gasteiger partial charge on any atom is -0.333 e. The monoisotopic (exact) mass is 353 g/mol. The summed E-state index contributed by atoms with van der Waals surface area (Å²) in [5.41, 5.74) is 4.73. The van der Waals surface area contributed by atoms with Crippen molar-refractivity contribution in [2.75, 3.05) is 11.9 Å². The van der Waals surface area contributed by atoms with E-state index in [2.05, 4.69) is 75.6 Å². The van der Waals surface area contributed by atoms with Crippen LogP contribution in [-0.4, -0.2) is 12.5 Å². The minimum absolute atomic E-state index is 0.0429. The molecule has 0 aliphatic rings. The summed E-state index contributed by atoms with van der Waals surface area (Å²) in [7, 11) is 0. The van der Waals surface area contributed by atoms with Gasteiger partial charge in [-0.1, -0.05) is 70.2 Å². The Labute approximate surface area is 158 Å². The number of carbonyl (C=O) groups excluding carboxylic acids is 1. The summed E-state index contributed by atoms with van der Waals surface area (Å²) >= 11 is 0. The van der Waals surface area contributed by atoms with E-state index in [-0.39, 0.29) is 11.9 Å². The van der Waals surface area contributed by atoms with Crippen LogP contribution >= 0.6 is 0 Å². The van der Waals surface area contributed by atoms with Crippen LogP contribution in [0, 0.1) is 5.92 Å². The van der Waals surface area contributed by atoms with E-state index in [1.54, 1.807) is 0 Å². The van der Waals surface area contributed by atoms with E-state index in [0.29, 0.717) is 18.4 Å². The lowest BCUT2D eigenvalue weighted by Crippen LogP contribution is -2.86. The molecule has 26 heavy (non-hydrogen) atoms. The highest BCUT2D eigenvalue weighted by Crippen LogP contribution is 2.23. The lowest BCUT2D eigenvalue weighted by Gasteiger charge is -2.15. The Balaban J connectivity index is 1.89. The van der Waals surface area contributed by atoms with Gasteiger partial charge in [0.2, 0.25) is 0 Å². The number of nitrogens with one attached hydrogen (secondary N) is 1. The van der Waals surface area contributed by atoms with E-state index >= 15 is 0 Å². The van der Waals surface area contributed by atoms with E-state index in [0.717, 1.165) is 12.1 Å². The standard InChI is InChI=1S/C23H32N2O/c1-16(2)14-19-10-12-20(13-11-19)18(5)24-15-23(26)25-22-9-7-6-8-21(22)17(3)4/h6-13,16-18,24H,14-15H2,1-5H3,(H,25,26)/p+1/t18-/m0/s1. The molecule has 3 N–H and O–H groups in total. The maximum absolute atomic E-state index is 12.4. The second-order valence-corrected chi connectivity index (χ2v) is 7.86. The lowest BCUT2D eigenvalue weighted by molar-refractivity contribution is -0.682. The van der Waals surface area contributed by atoms with Crippen molar-refractivity contribution in [3.05, 3.63) is 65.2 Å². The molecule has 3 nitrogen and oxygen atoms in total. The fourth-order valence-electron chi connectivity index (χ4n) is 3.16. The highest BCUT2D eigenvalue weighted by molar-refractivity contribution is 5.92. The van der Waals surface area contributed by atoms with Gasteiger partial charge in [0.1, 0.15) is 6.04 Å². The van der Waals surface area contributed by atoms with Crippen molar-refractivity contribution >= 4 is 11.6 Å². The number of carbonyl (C=O) groups is 1. The molecule has 3 heteroatoms. The number of hydrogen-bond donors (Lipinski definition) is 2. The molecule has 2 rings (SSSR count). The van der Waals surface area contributed by atoms with Gasteiger partial charge < -0.3 is 10.6 Å². The van der Waals surface area contributed by atoms with Gasteiger partial charge in [-0.25, -0.2) is 0 Å². The fraction of sp³-hybridized carbons (Fsp3) is 0.435. The zero-order chi connectivity index (χ0) is 19.1. The fourth-order valence-corrected chi connectivity index (χ4v) is 3.16. The van der Waals surface area contributed by atoms with Crippen molar-refractivity contribution < 1.29 is 10.1 Å². The van der Waals surface area contributed by atoms with Crippen molar-refractivity contribution in [1.82, 2.24) is 0 Å². The molecule has 0 heterocycles. The second kappa shape index (κ2) is 9.54. The third-order valence-corrected chi connectivity index (χ3v) is 4.66. The molecule has 2 aromatic rings. The first-order valence-electron chi connectivity index (χ1n) is 9.67. The highest BCUT2D eigenvalue weighted by Gasteiger charge is 2.14. The first-order chi connectivity index (χ1) is 12.4. The van der Waals surface area contributed by atoms with Crippen molar-refractivity contribution in [2.24, 2.45) is 5.92 Å². The van der Waals surface area contributed by atoms with Gasteiger partial charge in [0.05, 0.1) is 0 Å². The predicted octanol–water partition coefficient (Wildman–Crippen LogP) is 4.27. The summed E-state index contributed by atoms with van der Waals surface area (Å²) in [4.78, 5) is 12.4. The molecule has 0 spiro atoms. The molecule has 0 radical (unpaired) electrons. The van der Waals surface area contributed by atoms with Crippen molar-refractivity contribution in [3.63, 3.8) is 0 Å². The first-order valence-corrected chi connectivity index (χ1v) is 9.67. The van der Waals surface area contributed by atoms with E-state index < -0.39 is 0 Å². The van der Waals surface area contributed by atoms with Gasteiger partial charge in [0.15, 0.2) is 6.54 Å². The Kier molecular flexibility index (Phi) is 7.40. The van der Waals surface area contributed by atoms with Crippen molar-refractivity contribution in [1.29, 1.82) is 0 Å². The van der Waals surface area contributed by atoms with Crippen LogP contribution in [0.15, 0.2) is 48.5 Å². The largest absolute Gasteiger partial charge is 0.333 e. The van der Waals surface area contributed by atoms with Gasteiger partial charge in [-0.15, -0.1) is 0 Å². The average molecular weight is 354 g/mol. The number of rotatable bonds is 8. The van der Waals surface area contributed by atoms with Gasteiger partial charge in [-0.05, 0) is 42.4 Å². The Hall–Kier alpha value is -2.13. The van der Waals surface area contributed by atoms with E-state index in [1.165, 1.54) is 16.7 Å². The Morgan fingerprint density at radius 3 is 2.23 bits per heavy atom. The number of para-hydroxylation sites is 1. The van der Waals surface area contributed by atoms with E-state index in [4.69, 9.17) is 0 Å². The number of quaternary nitrogens is 1. The summed E-state index contributed by atoms with van der Waals surface area (Å²) in [6.07, 6.45) is 1.11. The van der Waals surface area contributed by atoms with Crippen LogP contribution in [0.2, 0.25) is 0 Å². The lowest BCUT2D eigenvalue weighted by atomic mass is 10.00. The molecule has 0 fully saturated rings. The van der Waals surface area contributed by atoms with Crippen LogP contribution in [0.1, 0.15) is 63.3 Å². The third-order valence-electron chi connectivity index (χ3n) is 4.66. The maximum atomic E-state index is 12.4. The van der Waals surface area contributed by atoms with Crippen LogP contribution in [0.5, 0.6) is 0 Å². The van der Waals surface area contributed by atoms with Crippen LogP contribution in [-0.2, 0) is 11.2 Å². The molecule has 1 atom stereocenters. The van der Waals surface area contributed by atoms with Gasteiger partial charge in [0.25, 0.3) is 5.91 Å². The molecular formula is C23H33N2O+. The number of hydrogen-bond acceptors (Lipinski definition) is 1. The Bertz CT molecular complexity index is 704. The second-order valence-electron chi connectivity index (χ2n) is 7.86. The molecule has 0 unspecified atom stereocenters. The third kappa shape index (κ3) is 5.99. The Morgan fingerprint density at radius 2 is 1.62 bits per heavy atom. The SMILES string of the molecule is CC(C)Cc1ccc([C@H](C)[NH2+]CC(=O)Nc2ccccc2C(C)C)cc1. The normalized spacial score (nSPS) is 12.4. The maximum Gasteiger partial charge on any atom is 0.279 e. The van der Waals surface area contributed by atoms with Crippen LogP contribution in [0.25, 0.3) is 0 Å². The summed E-state index contributed by atoms with van der Waals surface area (Å²) in [6, 6.07) is 17.1. The summed E-state index contributed by atoms with van der Waals surface area (Å²) < 4.78 is 0. The summed E-state index contributed by atoms with van der Waals surface area (Å²) in [5, 5.41) is 5.15. The average Bonchev–Trinajstić information content (AvgIpc) is 2.60. The number of benzene rings is 2. The van der Waals surface area contributed by atoms with Crippen molar-refractivity contribution in [2.45, 2.75) is 53.0 Å². The molecule has 2 aromatic carbocycles. The number of amides is 1. The van der Waals surface area contributed by atoms with Crippen LogP contribution in [0.4, 0.5) is 5.69 Å². The zero-order valence-corrected chi connectivity index (χ0v) is 16.8. The number of anilines is 1. The van der Waals surface area contributed by atoms with Gasteiger partial charge >= 0.3 is 0 Å². The highest BCUT2D eigenvalue weighted by atomic mass is 16.1. The topological polar surface area (TPSA) is 45.7 Å². The smallest absolute Gasteiger partial charge is 0.279 e. The molecule has 0 saturated carbocycles. The molecule has 0 aromatic heterocycles. The van der Waals surface area contributed by atoms with Crippen molar-refractivity contribution in [3.8, 4) is 0 Å². The quantitative estimate of drug-likeness (QED) is 0.731. The zero-order valence-electron chi connectivity index (χ0n) is 16.8. The molecule has 0 saturated heterocycles. The van der Waals surface area contributed by atoms with Gasteiger partial charge in [-0.2, -0.15) is 0 Å². The molecular weight excluding hydrogens is 320 g/mol. The number of nitrogens with two attached hydrogens (primary N) is 1. The summed E-state index contributed by atoms with van der Waals surface area (Å²) in [6.45, 7) is 11.3. The minimum atomic E-state index is 0.0429. The van der Waals surface area contributed by atoms with E-state index in [9.17, 15) is 4.79 Å². The predicted molar refractivity (Wildman–Crippen MR) is 109 cm³/mol. The molecule has 1 amide bonds. The summed E-state index contributed by atoms with van der Waals surface area (Å²) in [5.74, 6) is 1.10. The molecule has 140 valence electrons.